The minimum atomic E-state index is -0.279. The van der Waals surface area contributed by atoms with E-state index >= 15 is 0 Å². The molecular weight excluding hydrogens is 368 g/mol. The Labute approximate surface area is 167 Å². The van der Waals surface area contributed by atoms with Gasteiger partial charge in [0.05, 0.1) is 0 Å². The van der Waals surface area contributed by atoms with Crippen LogP contribution in [0.15, 0.2) is 66.7 Å². The fraction of sp³-hybridized carbons (Fsp3) is 0.0833. The van der Waals surface area contributed by atoms with Crippen molar-refractivity contribution in [1.29, 1.82) is 0 Å². The number of fused-ring (bicyclic) bond motifs is 1. The van der Waals surface area contributed by atoms with Crippen LogP contribution in [0.4, 0.5) is 0 Å². The van der Waals surface area contributed by atoms with Gasteiger partial charge in [0.25, 0.3) is 0 Å². The molecule has 4 rings (SSSR count). The van der Waals surface area contributed by atoms with Gasteiger partial charge in [-0.15, -0.1) is 0 Å². The van der Waals surface area contributed by atoms with Crippen LogP contribution in [0.25, 0.3) is 10.8 Å². The van der Waals surface area contributed by atoms with E-state index in [4.69, 9.17) is 0 Å². The van der Waals surface area contributed by atoms with Crippen LogP contribution in [0.5, 0.6) is 28.7 Å². The van der Waals surface area contributed by atoms with Crippen molar-refractivity contribution in [1.82, 2.24) is 0 Å². The van der Waals surface area contributed by atoms with Crippen molar-refractivity contribution in [2.24, 2.45) is 0 Å². The molecule has 146 valence electrons. The molecule has 4 aromatic carbocycles. The molecule has 4 aromatic rings. The van der Waals surface area contributed by atoms with E-state index in [1.165, 1.54) is 6.07 Å². The Bertz CT molecular complexity index is 1180. The van der Waals surface area contributed by atoms with Crippen LogP contribution in [-0.4, -0.2) is 25.5 Å². The molecule has 0 unspecified atom stereocenters. The summed E-state index contributed by atoms with van der Waals surface area (Å²) in [5.41, 5.74) is 3.13. The highest BCUT2D eigenvalue weighted by Crippen LogP contribution is 2.41. The average Bonchev–Trinajstić information content (AvgIpc) is 2.70. The molecule has 5 heteroatoms. The van der Waals surface area contributed by atoms with Crippen molar-refractivity contribution in [3.8, 4) is 28.7 Å². The summed E-state index contributed by atoms with van der Waals surface area (Å²) in [6.45, 7) is 0. The zero-order valence-electron chi connectivity index (χ0n) is 15.5. The lowest BCUT2D eigenvalue weighted by Crippen LogP contribution is -1.94. The molecule has 5 nitrogen and oxygen atoms in total. The van der Waals surface area contributed by atoms with E-state index in [9.17, 15) is 25.5 Å². The third-order valence-electron chi connectivity index (χ3n) is 5.01. The molecule has 0 aromatic heterocycles. The van der Waals surface area contributed by atoms with E-state index < -0.39 is 0 Å². The normalized spacial score (nSPS) is 11.0. The molecule has 0 spiro atoms. The van der Waals surface area contributed by atoms with E-state index in [0.717, 1.165) is 22.1 Å². The number of hydrogen-bond acceptors (Lipinski definition) is 5. The van der Waals surface area contributed by atoms with Crippen LogP contribution in [0.1, 0.15) is 22.3 Å². The largest absolute Gasteiger partial charge is 0.508 e. The topological polar surface area (TPSA) is 101 Å². The average molecular weight is 388 g/mol. The van der Waals surface area contributed by atoms with Gasteiger partial charge in [-0.1, -0.05) is 24.3 Å². The maximum atomic E-state index is 10.6. The molecule has 0 saturated carbocycles. The summed E-state index contributed by atoms with van der Waals surface area (Å²) in [7, 11) is 0. The summed E-state index contributed by atoms with van der Waals surface area (Å²) >= 11 is 0. The highest BCUT2D eigenvalue weighted by molar-refractivity contribution is 5.95. The zero-order valence-corrected chi connectivity index (χ0v) is 15.5. The smallest absolute Gasteiger partial charge is 0.165 e. The summed E-state index contributed by atoms with van der Waals surface area (Å²) in [5.74, 6) is -0.183. The van der Waals surface area contributed by atoms with Crippen molar-refractivity contribution in [3.05, 3.63) is 89.0 Å². The summed E-state index contributed by atoms with van der Waals surface area (Å²) < 4.78 is 0. The van der Waals surface area contributed by atoms with Crippen molar-refractivity contribution < 1.29 is 25.5 Å². The van der Waals surface area contributed by atoms with Crippen LogP contribution in [0.2, 0.25) is 0 Å². The molecule has 0 bridgehead atoms. The van der Waals surface area contributed by atoms with Crippen LogP contribution in [0.3, 0.4) is 0 Å². The van der Waals surface area contributed by atoms with Crippen molar-refractivity contribution in [2.75, 3.05) is 0 Å². The van der Waals surface area contributed by atoms with E-state index in [-0.39, 0.29) is 28.7 Å². The summed E-state index contributed by atoms with van der Waals surface area (Å²) in [5, 5.41) is 51.2. The van der Waals surface area contributed by atoms with Crippen molar-refractivity contribution in [2.45, 2.75) is 12.8 Å². The Morgan fingerprint density at radius 3 is 1.52 bits per heavy atom. The van der Waals surface area contributed by atoms with Gasteiger partial charge >= 0.3 is 0 Å². The van der Waals surface area contributed by atoms with Gasteiger partial charge in [0.2, 0.25) is 0 Å². The monoisotopic (exact) mass is 388 g/mol. The molecule has 5 N–H and O–H groups in total. The second-order valence-corrected chi connectivity index (χ2v) is 7.12. The summed E-state index contributed by atoms with van der Waals surface area (Å²) in [6, 6.07) is 18.3. The number of hydrogen-bond donors (Lipinski definition) is 5. The van der Waals surface area contributed by atoms with Gasteiger partial charge in [0.1, 0.15) is 17.2 Å². The number of aromatic hydroxyl groups is 5. The molecule has 29 heavy (non-hydrogen) atoms. The first-order chi connectivity index (χ1) is 13.9. The van der Waals surface area contributed by atoms with Crippen LogP contribution >= 0.6 is 0 Å². The third kappa shape index (κ3) is 3.75. The van der Waals surface area contributed by atoms with Crippen molar-refractivity contribution in [3.63, 3.8) is 0 Å². The maximum absolute atomic E-state index is 10.6. The molecule has 0 fully saturated rings. The Hall–Kier alpha value is -3.86. The maximum Gasteiger partial charge on any atom is 0.165 e. The molecule has 0 atom stereocenters. The minimum Gasteiger partial charge on any atom is -0.508 e. The highest BCUT2D eigenvalue weighted by Gasteiger charge is 2.16. The molecule has 0 aliphatic carbocycles. The Morgan fingerprint density at radius 2 is 0.966 bits per heavy atom. The predicted octanol–water partition coefficient (Wildman–Crippen LogP) is 4.55. The standard InChI is InChI=1S/C24H20O5/c25-18-5-1-14(2-6-18)9-16-11-20(27)13-22-21(16)12-17(23(28)24(22)29)10-15-3-7-19(26)8-4-15/h1-8,11-13,25-29H,9-10H2. The highest BCUT2D eigenvalue weighted by atomic mass is 16.3. The fourth-order valence-corrected chi connectivity index (χ4v) is 3.53. The molecule has 0 amide bonds. The number of phenols is 5. The quantitative estimate of drug-likeness (QED) is 0.330. The molecule has 0 aliphatic heterocycles. The fourth-order valence-electron chi connectivity index (χ4n) is 3.53. The van der Waals surface area contributed by atoms with Gasteiger partial charge in [0, 0.05) is 17.4 Å². The van der Waals surface area contributed by atoms with Gasteiger partial charge in [-0.3, -0.25) is 0 Å². The second kappa shape index (κ2) is 7.28. The van der Waals surface area contributed by atoms with E-state index in [1.807, 2.05) is 6.07 Å². The van der Waals surface area contributed by atoms with Gasteiger partial charge in [0.15, 0.2) is 11.5 Å². The van der Waals surface area contributed by atoms with Gasteiger partial charge < -0.3 is 25.5 Å². The lowest BCUT2D eigenvalue weighted by molar-refractivity contribution is 0.404. The molecule has 0 radical (unpaired) electrons. The van der Waals surface area contributed by atoms with Gasteiger partial charge in [-0.2, -0.15) is 0 Å². The second-order valence-electron chi connectivity index (χ2n) is 7.12. The molecule has 0 aliphatic rings. The van der Waals surface area contributed by atoms with Crippen LogP contribution in [0, 0.1) is 0 Å². The van der Waals surface area contributed by atoms with E-state index in [0.29, 0.717) is 23.8 Å². The molecule has 0 heterocycles. The number of phenolic OH excluding ortho intramolecular Hbond substituents is 5. The van der Waals surface area contributed by atoms with Crippen LogP contribution in [-0.2, 0) is 12.8 Å². The SMILES string of the molecule is Oc1ccc(Cc2cc3c(Cc4ccc(O)cc4)cc(O)cc3c(O)c2O)cc1. The Morgan fingerprint density at radius 1 is 0.448 bits per heavy atom. The Kier molecular flexibility index (Phi) is 4.64. The van der Waals surface area contributed by atoms with E-state index in [2.05, 4.69) is 0 Å². The first-order valence-corrected chi connectivity index (χ1v) is 9.16. The summed E-state index contributed by atoms with van der Waals surface area (Å²) in [4.78, 5) is 0. The molecular formula is C24H20O5. The third-order valence-corrected chi connectivity index (χ3v) is 5.01. The van der Waals surface area contributed by atoms with E-state index in [1.54, 1.807) is 54.6 Å². The first-order valence-electron chi connectivity index (χ1n) is 9.16. The van der Waals surface area contributed by atoms with Gasteiger partial charge in [-0.25, -0.2) is 0 Å². The lowest BCUT2D eigenvalue weighted by atomic mass is 9.93. The van der Waals surface area contributed by atoms with Crippen LogP contribution < -0.4 is 0 Å². The first kappa shape index (κ1) is 18.5. The predicted molar refractivity (Wildman–Crippen MR) is 111 cm³/mol. The summed E-state index contributed by atoms with van der Waals surface area (Å²) in [6.07, 6.45) is 0.850. The van der Waals surface area contributed by atoms with Gasteiger partial charge in [-0.05, 0) is 71.0 Å². The minimum absolute atomic E-state index is 0.00716. The van der Waals surface area contributed by atoms with Crippen molar-refractivity contribution >= 4 is 10.8 Å². The molecule has 0 saturated heterocycles. The Balaban J connectivity index is 1.82. The lowest BCUT2D eigenvalue weighted by Gasteiger charge is -2.14. The zero-order chi connectivity index (χ0) is 20.5. The number of benzene rings is 4. The number of rotatable bonds is 4.